The Morgan fingerprint density at radius 3 is 2.55 bits per heavy atom. The maximum absolute atomic E-state index is 8.84. The second kappa shape index (κ2) is 2.29. The number of aliphatic hydroxyl groups is 2. The van der Waals surface area contributed by atoms with E-state index in [9.17, 15) is 0 Å². The lowest BCUT2D eigenvalue weighted by Gasteiger charge is -2.24. The maximum atomic E-state index is 8.84. The monoisotopic (exact) mass is 160 g/mol. The van der Waals surface area contributed by atoms with Crippen molar-refractivity contribution in [1.29, 1.82) is 0 Å². The molecule has 0 aromatic rings. The molecule has 11 heavy (non-hydrogen) atoms. The average molecular weight is 160 g/mol. The van der Waals surface area contributed by atoms with Gasteiger partial charge in [-0.05, 0) is 0 Å². The summed E-state index contributed by atoms with van der Waals surface area (Å²) in [4.78, 5) is 3.14. The Kier molecular flexibility index (Phi) is 1.59. The van der Waals surface area contributed by atoms with Crippen LogP contribution in [0.1, 0.15) is 0 Å². The molecule has 1 aliphatic heterocycles. The molecule has 1 heterocycles. The van der Waals surface area contributed by atoms with E-state index in [1.165, 1.54) is 0 Å². The number of nitrogens with zero attached hydrogens (tertiary/aromatic N) is 2. The van der Waals surface area contributed by atoms with E-state index in [1.807, 2.05) is 0 Å². The van der Waals surface area contributed by atoms with Gasteiger partial charge >= 0.3 is 0 Å². The van der Waals surface area contributed by atoms with Crippen LogP contribution in [0.3, 0.4) is 0 Å². The number of aliphatic imine (C=N–C) groups is 1. The molecule has 1 aliphatic rings. The summed E-state index contributed by atoms with van der Waals surface area (Å²) in [5, 5.41) is 26.7. The third kappa shape index (κ3) is 1.06. The fraction of sp³-hybridized carbons (Fsp3) is 0.250. The Morgan fingerprint density at radius 2 is 2.00 bits per heavy atom. The number of hydrogen-bond acceptors (Lipinski definition) is 6. The molecule has 0 radical (unpaired) electrons. The van der Waals surface area contributed by atoms with Crippen LogP contribution in [-0.4, -0.2) is 32.7 Å². The van der Waals surface area contributed by atoms with Crippen LogP contribution in [0.15, 0.2) is 16.5 Å². The topological polar surface area (TPSA) is 128 Å². The lowest BCUT2D eigenvalue weighted by molar-refractivity contribution is -0.168. The van der Waals surface area contributed by atoms with E-state index in [0.29, 0.717) is 0 Å². The second-order valence-corrected chi connectivity index (χ2v) is 1.94. The van der Waals surface area contributed by atoms with Gasteiger partial charge in [-0.1, -0.05) is 0 Å². The minimum Gasteiger partial charge on any atom is -0.492 e. The molecular weight excluding hydrogens is 152 g/mol. The van der Waals surface area contributed by atoms with Crippen LogP contribution < -0.4 is 11.5 Å². The summed E-state index contributed by atoms with van der Waals surface area (Å²) < 4.78 is 0. The van der Waals surface area contributed by atoms with E-state index >= 15 is 0 Å². The highest BCUT2D eigenvalue weighted by Gasteiger charge is 2.24. The van der Waals surface area contributed by atoms with Gasteiger partial charge in [0.15, 0.2) is 5.82 Å². The second-order valence-electron chi connectivity index (χ2n) is 1.94. The fourth-order valence-corrected chi connectivity index (χ4v) is 0.596. The molecule has 62 valence electrons. The molecule has 0 bridgehead atoms. The Balaban J connectivity index is 3.02. The van der Waals surface area contributed by atoms with Crippen molar-refractivity contribution in [3.05, 3.63) is 11.5 Å². The molecule has 0 fully saturated rings. The lowest BCUT2D eigenvalue weighted by atomic mass is 10.4. The standard InChI is InChI=1S/C4H8N4O3/c5-1-2(6)8(11)4(10)7-3(1)9/h4,10-11H,5-6H2,(H,7,9). The molecule has 1 rings (SSSR count). The van der Waals surface area contributed by atoms with E-state index < -0.39 is 12.2 Å². The van der Waals surface area contributed by atoms with Gasteiger partial charge in [0.05, 0.1) is 0 Å². The van der Waals surface area contributed by atoms with Crippen molar-refractivity contribution in [2.24, 2.45) is 16.5 Å². The molecule has 7 heteroatoms. The maximum Gasteiger partial charge on any atom is 0.253 e. The van der Waals surface area contributed by atoms with Crippen LogP contribution in [0.4, 0.5) is 0 Å². The number of nitrogens with two attached hydrogens (primary N) is 2. The number of hydroxylamine groups is 2. The van der Waals surface area contributed by atoms with Gasteiger partial charge in [0, 0.05) is 0 Å². The highest BCUT2D eigenvalue weighted by atomic mass is 16.5. The van der Waals surface area contributed by atoms with Crippen molar-refractivity contribution in [3.63, 3.8) is 0 Å². The van der Waals surface area contributed by atoms with Crippen LogP contribution in [0.5, 0.6) is 0 Å². The van der Waals surface area contributed by atoms with Crippen molar-refractivity contribution in [1.82, 2.24) is 5.06 Å². The van der Waals surface area contributed by atoms with Gasteiger partial charge < -0.3 is 21.7 Å². The summed E-state index contributed by atoms with van der Waals surface area (Å²) in [7, 11) is 0. The minimum atomic E-state index is -1.60. The largest absolute Gasteiger partial charge is 0.492 e. The third-order valence-corrected chi connectivity index (χ3v) is 1.22. The highest BCUT2D eigenvalue weighted by molar-refractivity contribution is 5.91. The summed E-state index contributed by atoms with van der Waals surface area (Å²) in [6.07, 6.45) is -1.60. The molecule has 7 N–H and O–H groups in total. The third-order valence-electron chi connectivity index (χ3n) is 1.22. The molecule has 0 saturated heterocycles. The summed E-state index contributed by atoms with van der Waals surface area (Å²) in [6, 6.07) is 0. The van der Waals surface area contributed by atoms with Gasteiger partial charge in [0.2, 0.25) is 5.90 Å². The fourth-order valence-electron chi connectivity index (χ4n) is 0.596. The normalized spacial score (nSPS) is 25.5. The van der Waals surface area contributed by atoms with Crippen LogP contribution in [0.2, 0.25) is 0 Å². The van der Waals surface area contributed by atoms with Crippen LogP contribution in [0.25, 0.3) is 0 Å². The summed E-state index contributed by atoms with van der Waals surface area (Å²) in [5.41, 5.74) is 10.0. The zero-order chi connectivity index (χ0) is 8.59. The van der Waals surface area contributed by atoms with E-state index in [1.54, 1.807) is 0 Å². The van der Waals surface area contributed by atoms with Gasteiger partial charge in [-0.25, -0.2) is 0 Å². The number of hydrogen-bond donors (Lipinski definition) is 5. The highest BCUT2D eigenvalue weighted by Crippen LogP contribution is 2.09. The molecule has 0 aliphatic carbocycles. The van der Waals surface area contributed by atoms with Gasteiger partial charge in [0.25, 0.3) is 6.35 Å². The smallest absolute Gasteiger partial charge is 0.253 e. The van der Waals surface area contributed by atoms with Crippen molar-refractivity contribution < 1.29 is 15.4 Å². The van der Waals surface area contributed by atoms with Crippen LogP contribution >= 0.6 is 0 Å². The Bertz CT molecular complexity index is 235. The Hall–Kier alpha value is -1.47. The van der Waals surface area contributed by atoms with E-state index in [-0.39, 0.29) is 16.6 Å². The quantitative estimate of drug-likeness (QED) is 0.279. The first kappa shape index (κ1) is 7.63. The first-order valence-electron chi connectivity index (χ1n) is 2.72. The molecule has 0 spiro atoms. The van der Waals surface area contributed by atoms with Gasteiger partial charge in [-0.15, -0.1) is 0 Å². The predicted molar refractivity (Wildman–Crippen MR) is 35.1 cm³/mol. The Morgan fingerprint density at radius 1 is 1.45 bits per heavy atom. The van der Waals surface area contributed by atoms with E-state index in [0.717, 1.165) is 0 Å². The van der Waals surface area contributed by atoms with Crippen LogP contribution in [0, 0.1) is 0 Å². The van der Waals surface area contributed by atoms with Crippen molar-refractivity contribution in [2.75, 3.05) is 0 Å². The zero-order valence-electron chi connectivity index (χ0n) is 5.47. The molecule has 0 aromatic carbocycles. The summed E-state index contributed by atoms with van der Waals surface area (Å²) in [5.74, 6) is -0.912. The van der Waals surface area contributed by atoms with Gasteiger partial charge in [-0.2, -0.15) is 10.1 Å². The minimum absolute atomic E-state index is 0.245. The van der Waals surface area contributed by atoms with Crippen LogP contribution in [-0.2, 0) is 0 Å². The average Bonchev–Trinajstić information content (AvgIpc) is 1.97. The number of rotatable bonds is 0. The summed E-state index contributed by atoms with van der Waals surface area (Å²) >= 11 is 0. The zero-order valence-corrected chi connectivity index (χ0v) is 5.47. The van der Waals surface area contributed by atoms with E-state index in [2.05, 4.69) is 4.99 Å². The molecule has 0 saturated carbocycles. The first-order chi connectivity index (χ1) is 5.04. The Labute approximate surface area is 61.8 Å². The number of aliphatic hydroxyl groups excluding tert-OH is 2. The lowest BCUT2D eigenvalue weighted by Crippen LogP contribution is -2.41. The molecular formula is C4H8N4O3. The van der Waals surface area contributed by atoms with Crippen molar-refractivity contribution >= 4 is 5.90 Å². The molecule has 1 unspecified atom stereocenters. The van der Waals surface area contributed by atoms with Gasteiger partial charge in [-0.3, -0.25) is 5.21 Å². The SMILES string of the molecule is NC1=C(N)N(O)C(O)N=C1O. The molecule has 0 amide bonds. The van der Waals surface area contributed by atoms with Crippen molar-refractivity contribution in [3.8, 4) is 0 Å². The molecule has 0 aromatic heterocycles. The molecule has 7 nitrogen and oxygen atoms in total. The van der Waals surface area contributed by atoms with Crippen molar-refractivity contribution in [2.45, 2.75) is 6.35 Å². The predicted octanol–water partition coefficient (Wildman–Crippen LogP) is -1.99. The summed E-state index contributed by atoms with van der Waals surface area (Å²) in [6.45, 7) is 0. The molecule has 1 atom stereocenters. The van der Waals surface area contributed by atoms with E-state index in [4.69, 9.17) is 26.9 Å². The first-order valence-corrected chi connectivity index (χ1v) is 2.72. The van der Waals surface area contributed by atoms with Gasteiger partial charge in [0.1, 0.15) is 5.70 Å².